The molecule has 0 fully saturated rings. The van der Waals surface area contributed by atoms with Crippen LogP contribution in [0.1, 0.15) is 78.6 Å². The lowest BCUT2D eigenvalue weighted by atomic mass is 10.1. The van der Waals surface area contributed by atoms with Gasteiger partial charge in [-0.05, 0) is 19.3 Å². The second-order valence-electron chi connectivity index (χ2n) is 4.53. The first-order chi connectivity index (χ1) is 7.85. The Morgan fingerprint density at radius 3 is 2.12 bits per heavy atom. The fraction of sp³-hybridized carbons (Fsp3) is 1.00. The molecule has 0 heterocycles. The lowest BCUT2D eigenvalue weighted by Crippen LogP contribution is -2.00. The quantitative estimate of drug-likeness (QED) is 0.299. The van der Waals surface area contributed by atoms with E-state index in [0.717, 1.165) is 5.25 Å². The van der Waals surface area contributed by atoms with Gasteiger partial charge in [0.2, 0.25) is 0 Å². The molecule has 0 unspecified atom stereocenters. The van der Waals surface area contributed by atoms with Crippen molar-refractivity contribution in [2.45, 2.75) is 83.8 Å². The highest BCUT2D eigenvalue weighted by molar-refractivity contribution is 8.76. The highest BCUT2D eigenvalue weighted by Gasteiger charge is 2.08. The van der Waals surface area contributed by atoms with Crippen molar-refractivity contribution < 1.29 is 0 Å². The zero-order valence-electron chi connectivity index (χ0n) is 11.5. The Kier molecular flexibility index (Phi) is 14.4. The molecule has 98 valence electrons. The SMILES string of the molecule is CCCCCC[C@H](CCC)SSCCCC. The molecular formula is C14H30S2. The fourth-order valence-electron chi connectivity index (χ4n) is 1.71. The smallest absolute Gasteiger partial charge is 0.0151 e. The van der Waals surface area contributed by atoms with Crippen LogP contribution in [0.5, 0.6) is 0 Å². The van der Waals surface area contributed by atoms with Crippen LogP contribution in [-0.2, 0) is 0 Å². The molecule has 2 heteroatoms. The summed E-state index contributed by atoms with van der Waals surface area (Å²) >= 11 is 0. The summed E-state index contributed by atoms with van der Waals surface area (Å²) in [5.74, 6) is 1.34. The Morgan fingerprint density at radius 2 is 1.50 bits per heavy atom. The van der Waals surface area contributed by atoms with E-state index in [1.165, 1.54) is 63.5 Å². The average Bonchev–Trinajstić information content (AvgIpc) is 2.30. The van der Waals surface area contributed by atoms with Gasteiger partial charge in [-0.25, -0.2) is 0 Å². The Hall–Kier alpha value is 0.700. The zero-order chi connectivity index (χ0) is 12.1. The number of hydrogen-bond donors (Lipinski definition) is 0. The van der Waals surface area contributed by atoms with Crippen molar-refractivity contribution >= 4 is 21.6 Å². The molecule has 16 heavy (non-hydrogen) atoms. The van der Waals surface area contributed by atoms with Crippen LogP contribution in [0.4, 0.5) is 0 Å². The minimum atomic E-state index is 0.920. The summed E-state index contributed by atoms with van der Waals surface area (Å²) in [5, 5.41) is 0.920. The summed E-state index contributed by atoms with van der Waals surface area (Å²) in [6, 6.07) is 0. The molecule has 1 atom stereocenters. The summed E-state index contributed by atoms with van der Waals surface area (Å²) < 4.78 is 0. The van der Waals surface area contributed by atoms with Gasteiger partial charge in [0, 0.05) is 11.0 Å². The number of hydrogen-bond acceptors (Lipinski definition) is 2. The van der Waals surface area contributed by atoms with E-state index in [1.54, 1.807) is 0 Å². The molecule has 0 nitrogen and oxygen atoms in total. The predicted molar refractivity (Wildman–Crippen MR) is 82.4 cm³/mol. The van der Waals surface area contributed by atoms with Gasteiger partial charge in [-0.3, -0.25) is 0 Å². The maximum absolute atomic E-state index is 2.32. The Balaban J connectivity index is 3.45. The topological polar surface area (TPSA) is 0 Å². The zero-order valence-corrected chi connectivity index (χ0v) is 13.1. The maximum Gasteiger partial charge on any atom is 0.0151 e. The monoisotopic (exact) mass is 262 g/mol. The van der Waals surface area contributed by atoms with Crippen molar-refractivity contribution in [1.29, 1.82) is 0 Å². The van der Waals surface area contributed by atoms with Gasteiger partial charge in [-0.15, -0.1) is 0 Å². The third-order valence-corrected chi connectivity index (χ3v) is 5.84. The molecule has 0 radical (unpaired) electrons. The van der Waals surface area contributed by atoms with Crippen molar-refractivity contribution in [1.82, 2.24) is 0 Å². The van der Waals surface area contributed by atoms with E-state index in [9.17, 15) is 0 Å². The molecule has 0 aliphatic carbocycles. The van der Waals surface area contributed by atoms with Crippen molar-refractivity contribution in [2.75, 3.05) is 5.75 Å². The minimum absolute atomic E-state index is 0.920. The van der Waals surface area contributed by atoms with Gasteiger partial charge in [-0.2, -0.15) is 0 Å². The highest BCUT2D eigenvalue weighted by atomic mass is 33.1. The Labute approximate surface area is 111 Å². The van der Waals surface area contributed by atoms with Crippen LogP contribution in [0, 0.1) is 0 Å². The van der Waals surface area contributed by atoms with Gasteiger partial charge in [0.1, 0.15) is 0 Å². The first-order valence-electron chi connectivity index (χ1n) is 7.13. The van der Waals surface area contributed by atoms with Crippen molar-refractivity contribution in [3.05, 3.63) is 0 Å². The summed E-state index contributed by atoms with van der Waals surface area (Å²) in [7, 11) is 4.27. The van der Waals surface area contributed by atoms with Gasteiger partial charge >= 0.3 is 0 Å². The molecule has 0 aromatic carbocycles. The Morgan fingerprint density at radius 1 is 0.750 bits per heavy atom. The van der Waals surface area contributed by atoms with Crippen molar-refractivity contribution in [3.63, 3.8) is 0 Å². The third kappa shape index (κ3) is 11.2. The molecule has 0 aromatic rings. The van der Waals surface area contributed by atoms with E-state index in [2.05, 4.69) is 42.4 Å². The van der Waals surface area contributed by atoms with Gasteiger partial charge in [-0.1, -0.05) is 80.9 Å². The molecule has 0 saturated heterocycles. The molecule has 0 amide bonds. The first kappa shape index (κ1) is 16.7. The summed E-state index contributed by atoms with van der Waals surface area (Å²) in [4.78, 5) is 0. The second kappa shape index (κ2) is 13.8. The molecule has 0 spiro atoms. The molecule has 0 N–H and O–H groups in total. The molecule has 0 saturated carbocycles. The first-order valence-corrected chi connectivity index (χ1v) is 9.51. The van der Waals surface area contributed by atoms with E-state index in [-0.39, 0.29) is 0 Å². The van der Waals surface area contributed by atoms with Crippen LogP contribution in [-0.4, -0.2) is 11.0 Å². The van der Waals surface area contributed by atoms with Crippen LogP contribution < -0.4 is 0 Å². The standard InChI is InChI=1S/C14H30S2/c1-4-7-9-10-12-14(11-6-3)16-15-13-8-5-2/h14H,4-13H2,1-3H3/t14-/m0/s1. The average molecular weight is 263 g/mol. The predicted octanol–water partition coefficient (Wildman–Crippen LogP) is 6.31. The van der Waals surface area contributed by atoms with Crippen LogP contribution in [0.15, 0.2) is 0 Å². The second-order valence-corrected chi connectivity index (χ2v) is 7.32. The third-order valence-electron chi connectivity index (χ3n) is 2.78. The molecule has 0 aliphatic rings. The Bertz CT molecular complexity index is 114. The van der Waals surface area contributed by atoms with E-state index in [4.69, 9.17) is 0 Å². The van der Waals surface area contributed by atoms with E-state index in [1.807, 2.05) is 0 Å². The lowest BCUT2D eigenvalue weighted by Gasteiger charge is -2.14. The van der Waals surface area contributed by atoms with Crippen LogP contribution in [0.25, 0.3) is 0 Å². The van der Waals surface area contributed by atoms with Gasteiger partial charge in [0.25, 0.3) is 0 Å². The summed E-state index contributed by atoms with van der Waals surface area (Å²) in [6.45, 7) is 6.88. The van der Waals surface area contributed by atoms with E-state index >= 15 is 0 Å². The van der Waals surface area contributed by atoms with Crippen LogP contribution in [0.3, 0.4) is 0 Å². The van der Waals surface area contributed by atoms with Crippen LogP contribution in [0.2, 0.25) is 0 Å². The van der Waals surface area contributed by atoms with Crippen LogP contribution >= 0.6 is 21.6 Å². The normalized spacial score (nSPS) is 12.9. The van der Waals surface area contributed by atoms with Gasteiger partial charge in [0.15, 0.2) is 0 Å². The number of unbranched alkanes of at least 4 members (excludes halogenated alkanes) is 4. The van der Waals surface area contributed by atoms with Crippen molar-refractivity contribution in [2.24, 2.45) is 0 Å². The molecule has 0 rings (SSSR count). The summed E-state index contributed by atoms with van der Waals surface area (Å²) in [5.41, 5.74) is 0. The van der Waals surface area contributed by atoms with E-state index in [0.29, 0.717) is 0 Å². The number of rotatable bonds is 12. The molecule has 0 aromatic heterocycles. The molecule has 0 bridgehead atoms. The van der Waals surface area contributed by atoms with Crippen molar-refractivity contribution in [3.8, 4) is 0 Å². The van der Waals surface area contributed by atoms with Gasteiger partial charge in [0.05, 0.1) is 0 Å². The molecular weight excluding hydrogens is 232 g/mol. The lowest BCUT2D eigenvalue weighted by molar-refractivity contribution is 0.596. The molecule has 0 aliphatic heterocycles. The minimum Gasteiger partial charge on any atom is -0.0939 e. The maximum atomic E-state index is 2.32. The van der Waals surface area contributed by atoms with E-state index < -0.39 is 0 Å². The fourth-order valence-corrected chi connectivity index (χ4v) is 4.80. The largest absolute Gasteiger partial charge is 0.0939 e. The highest BCUT2D eigenvalue weighted by Crippen LogP contribution is 2.33. The summed E-state index contributed by atoms with van der Waals surface area (Å²) in [6.07, 6.45) is 12.6. The van der Waals surface area contributed by atoms with Gasteiger partial charge < -0.3 is 0 Å².